The Kier molecular flexibility index (Phi) is 5.54. The van der Waals surface area contributed by atoms with Crippen LogP contribution in [0.2, 0.25) is 0 Å². The molecule has 0 aromatic rings. The Morgan fingerprint density at radius 1 is 1.21 bits per heavy atom. The van der Waals surface area contributed by atoms with Crippen LogP contribution >= 0.6 is 0 Å². The molecule has 0 saturated heterocycles. The molecule has 1 rings (SSSR count). The highest BCUT2D eigenvalue weighted by Gasteiger charge is 2.52. The molecule has 0 unspecified atom stereocenters. The van der Waals surface area contributed by atoms with Crippen LogP contribution in [-0.4, -0.2) is 31.6 Å². The average Bonchev–Trinajstić information content (AvgIpc) is 2.63. The Labute approximate surface area is 139 Å². The summed E-state index contributed by atoms with van der Waals surface area (Å²) in [6.07, 6.45) is -0.717. The number of hydrogen-bond donors (Lipinski definition) is 0. The zero-order valence-electron chi connectivity index (χ0n) is 14.2. The molecule has 0 bridgehead atoms. The first-order chi connectivity index (χ1) is 10.6. The highest BCUT2D eigenvalue weighted by molar-refractivity contribution is 7.87. The summed E-state index contributed by atoms with van der Waals surface area (Å²) < 4.78 is 74.9. The van der Waals surface area contributed by atoms with Crippen molar-refractivity contribution in [2.45, 2.75) is 58.8 Å². The van der Waals surface area contributed by atoms with Crippen LogP contribution in [0.1, 0.15) is 41.5 Å². The smallest absolute Gasteiger partial charge is 0.480 e. The fraction of sp³-hybridized carbons (Fsp3) is 0.786. The zero-order valence-corrected chi connectivity index (χ0v) is 15.0. The van der Waals surface area contributed by atoms with Crippen molar-refractivity contribution in [3.05, 3.63) is 11.5 Å². The van der Waals surface area contributed by atoms with Crippen molar-refractivity contribution < 1.29 is 40.0 Å². The van der Waals surface area contributed by atoms with Gasteiger partial charge < -0.3 is 13.7 Å². The van der Waals surface area contributed by atoms with Crippen LogP contribution in [0.4, 0.5) is 13.2 Å². The molecular formula is C14H21F3O6S. The minimum absolute atomic E-state index is 0.202. The predicted molar refractivity (Wildman–Crippen MR) is 77.8 cm³/mol. The Morgan fingerprint density at radius 3 is 2.08 bits per heavy atom. The Morgan fingerprint density at radius 2 is 1.71 bits per heavy atom. The van der Waals surface area contributed by atoms with Crippen molar-refractivity contribution in [2.75, 3.05) is 0 Å². The summed E-state index contributed by atoms with van der Waals surface area (Å²) in [4.78, 5) is 12.2. The molecule has 24 heavy (non-hydrogen) atoms. The number of carbonyl (C=O) groups excluding carboxylic acids is 1. The van der Waals surface area contributed by atoms with E-state index in [-0.39, 0.29) is 5.92 Å². The third-order valence-corrected chi connectivity index (χ3v) is 4.07. The summed E-state index contributed by atoms with van der Waals surface area (Å²) >= 11 is 0. The predicted octanol–water partition coefficient (Wildman–Crippen LogP) is 3.10. The molecule has 1 aliphatic heterocycles. The van der Waals surface area contributed by atoms with Crippen LogP contribution in [0.25, 0.3) is 0 Å². The summed E-state index contributed by atoms with van der Waals surface area (Å²) in [7, 11) is -5.92. The average molecular weight is 374 g/mol. The number of esters is 1. The maximum Gasteiger partial charge on any atom is 0.534 e. The van der Waals surface area contributed by atoms with E-state index in [2.05, 4.69) is 4.18 Å². The van der Waals surface area contributed by atoms with Crippen molar-refractivity contribution in [2.24, 2.45) is 11.8 Å². The number of ether oxygens (including phenoxy) is 2. The monoisotopic (exact) mass is 374 g/mol. The van der Waals surface area contributed by atoms with Gasteiger partial charge in [-0.25, -0.2) is 4.79 Å². The van der Waals surface area contributed by atoms with Crippen LogP contribution in [-0.2, 0) is 28.6 Å². The van der Waals surface area contributed by atoms with E-state index in [4.69, 9.17) is 9.47 Å². The summed E-state index contributed by atoms with van der Waals surface area (Å²) in [5.41, 5.74) is -6.56. The van der Waals surface area contributed by atoms with Crippen LogP contribution in [0.5, 0.6) is 0 Å². The van der Waals surface area contributed by atoms with Gasteiger partial charge in [-0.15, -0.1) is 0 Å². The van der Waals surface area contributed by atoms with E-state index in [0.717, 1.165) is 0 Å². The minimum atomic E-state index is -5.92. The second-order valence-corrected chi connectivity index (χ2v) is 8.33. The van der Waals surface area contributed by atoms with E-state index in [1.54, 1.807) is 34.6 Å². The lowest BCUT2D eigenvalue weighted by atomic mass is 9.95. The molecule has 1 aliphatic rings. The van der Waals surface area contributed by atoms with Crippen molar-refractivity contribution in [3.63, 3.8) is 0 Å². The number of hydrogen-bond acceptors (Lipinski definition) is 6. The van der Waals surface area contributed by atoms with Gasteiger partial charge in [-0.3, -0.25) is 0 Å². The van der Waals surface area contributed by atoms with E-state index in [1.165, 1.54) is 6.92 Å². The molecule has 0 aromatic heterocycles. The molecular weight excluding hydrogens is 353 g/mol. The first kappa shape index (κ1) is 20.6. The van der Waals surface area contributed by atoms with Gasteiger partial charge in [0.1, 0.15) is 11.7 Å². The van der Waals surface area contributed by atoms with Gasteiger partial charge in [-0.2, -0.15) is 21.6 Å². The summed E-state index contributed by atoms with van der Waals surface area (Å²) in [6, 6.07) is 0. The molecule has 0 amide bonds. The molecule has 0 saturated carbocycles. The Balaban J connectivity index is 3.28. The fourth-order valence-corrected chi connectivity index (χ4v) is 2.68. The number of rotatable bonds is 4. The molecule has 0 N–H and O–H groups in total. The second-order valence-electron chi connectivity index (χ2n) is 6.79. The van der Waals surface area contributed by atoms with Crippen molar-refractivity contribution in [1.82, 2.24) is 0 Å². The molecule has 0 radical (unpaired) electrons. The third-order valence-electron chi connectivity index (χ3n) is 3.11. The normalized spacial score (nSPS) is 22.6. The van der Waals surface area contributed by atoms with Gasteiger partial charge in [0.25, 0.3) is 0 Å². The molecule has 10 heteroatoms. The molecule has 6 nitrogen and oxygen atoms in total. The van der Waals surface area contributed by atoms with E-state index >= 15 is 0 Å². The van der Waals surface area contributed by atoms with E-state index in [9.17, 15) is 26.4 Å². The lowest BCUT2D eigenvalue weighted by Crippen LogP contribution is -2.28. The van der Waals surface area contributed by atoms with Gasteiger partial charge in [-0.1, -0.05) is 20.8 Å². The van der Waals surface area contributed by atoms with Gasteiger partial charge in [-0.05, 0) is 26.7 Å². The van der Waals surface area contributed by atoms with E-state index in [0.29, 0.717) is 0 Å². The summed E-state index contributed by atoms with van der Waals surface area (Å²) in [5, 5.41) is 0. The van der Waals surface area contributed by atoms with Crippen molar-refractivity contribution >= 4 is 16.1 Å². The number of carbonyl (C=O) groups is 1. The van der Waals surface area contributed by atoms with Gasteiger partial charge >= 0.3 is 21.6 Å². The van der Waals surface area contributed by atoms with Gasteiger partial charge in [0.05, 0.1) is 5.92 Å². The second kappa shape index (κ2) is 6.45. The van der Waals surface area contributed by atoms with Gasteiger partial charge in [0, 0.05) is 0 Å². The molecule has 0 fully saturated rings. The first-order valence-electron chi connectivity index (χ1n) is 7.21. The third kappa shape index (κ3) is 4.55. The first-order valence-corrected chi connectivity index (χ1v) is 8.62. The standard InChI is InChI=1S/C14H21F3O6S/c1-7(2)9-8(3)10(23-24(19,20)14(15,16)17)11(21-9)12(18)22-13(4,5)6/h7-9H,1-6H3/t8-,9+/m1/s1. The van der Waals surface area contributed by atoms with Crippen LogP contribution in [0, 0.1) is 11.8 Å². The molecule has 140 valence electrons. The lowest BCUT2D eigenvalue weighted by molar-refractivity contribution is -0.155. The largest absolute Gasteiger partial charge is 0.534 e. The maximum atomic E-state index is 12.6. The Bertz CT molecular complexity index is 628. The van der Waals surface area contributed by atoms with Gasteiger partial charge in [0.15, 0.2) is 5.76 Å². The number of alkyl halides is 3. The maximum absolute atomic E-state index is 12.6. The molecule has 1 heterocycles. The molecule has 2 atom stereocenters. The van der Waals surface area contributed by atoms with E-state index < -0.39 is 50.7 Å². The zero-order chi connectivity index (χ0) is 19.1. The highest BCUT2D eigenvalue weighted by Crippen LogP contribution is 2.39. The SMILES string of the molecule is CC(C)[C@@H]1OC(C(=O)OC(C)(C)C)=C(OS(=O)(=O)C(F)(F)F)[C@@H]1C. The van der Waals surface area contributed by atoms with Crippen LogP contribution in [0.15, 0.2) is 11.5 Å². The summed E-state index contributed by atoms with van der Waals surface area (Å²) in [6.45, 7) is 9.51. The Hall–Kier alpha value is -1.45. The molecule has 0 aliphatic carbocycles. The topological polar surface area (TPSA) is 78.9 Å². The minimum Gasteiger partial charge on any atom is -0.480 e. The van der Waals surface area contributed by atoms with Crippen molar-refractivity contribution in [1.29, 1.82) is 0 Å². The van der Waals surface area contributed by atoms with Crippen LogP contribution < -0.4 is 0 Å². The molecule has 0 spiro atoms. The van der Waals surface area contributed by atoms with Crippen LogP contribution in [0.3, 0.4) is 0 Å². The van der Waals surface area contributed by atoms with E-state index in [1.807, 2.05) is 0 Å². The van der Waals surface area contributed by atoms with Gasteiger partial charge in [0.2, 0.25) is 5.76 Å². The lowest BCUT2D eigenvalue weighted by Gasteiger charge is -2.21. The quantitative estimate of drug-likeness (QED) is 0.427. The van der Waals surface area contributed by atoms with Crippen molar-refractivity contribution in [3.8, 4) is 0 Å². The highest BCUT2D eigenvalue weighted by atomic mass is 32.2. The molecule has 0 aromatic carbocycles. The summed E-state index contributed by atoms with van der Waals surface area (Å²) in [5.74, 6) is -3.49. The number of halogens is 3. The fourth-order valence-electron chi connectivity index (χ4n) is 2.12.